The molecule has 3 nitrogen and oxygen atoms in total. The summed E-state index contributed by atoms with van der Waals surface area (Å²) in [5, 5.41) is 0. The van der Waals surface area contributed by atoms with Crippen LogP contribution in [-0.2, 0) is 11.2 Å². The normalized spacial score (nSPS) is 13.5. The van der Waals surface area contributed by atoms with E-state index in [1.165, 1.54) is 4.90 Å². The van der Waals surface area contributed by atoms with E-state index in [-0.39, 0.29) is 18.2 Å². The molecule has 1 heterocycles. The zero-order valence-electron chi connectivity index (χ0n) is 9.97. The Hall–Kier alpha value is -1.94. The van der Waals surface area contributed by atoms with Crippen molar-refractivity contribution in [2.24, 2.45) is 0 Å². The molecule has 0 aromatic heterocycles. The van der Waals surface area contributed by atoms with Crippen LogP contribution in [0.4, 0.5) is 5.69 Å². The molecule has 0 fully saturated rings. The maximum Gasteiger partial charge on any atom is 0.266 e. The Balaban J connectivity index is 2.06. The number of para-hydroxylation sites is 1. The molecule has 2 aromatic carbocycles. The lowest BCUT2D eigenvalue weighted by Gasteiger charge is -2.16. The van der Waals surface area contributed by atoms with E-state index in [2.05, 4.69) is 15.9 Å². The molecule has 0 saturated carbocycles. The second kappa shape index (κ2) is 4.63. The zero-order valence-corrected chi connectivity index (χ0v) is 11.6. The fourth-order valence-electron chi connectivity index (χ4n) is 2.23. The average molecular weight is 316 g/mol. The molecule has 0 bridgehead atoms. The van der Waals surface area contributed by atoms with E-state index >= 15 is 0 Å². The van der Waals surface area contributed by atoms with E-state index in [4.69, 9.17) is 0 Å². The van der Waals surface area contributed by atoms with E-state index in [0.29, 0.717) is 15.7 Å². The number of halogens is 1. The van der Waals surface area contributed by atoms with Crippen LogP contribution < -0.4 is 4.90 Å². The SMILES string of the molecule is O=C1Cc2ccccc2N1C(=O)c1ccccc1Br. The highest BCUT2D eigenvalue weighted by molar-refractivity contribution is 9.10. The number of amides is 2. The van der Waals surface area contributed by atoms with Crippen LogP contribution in [0.3, 0.4) is 0 Å². The number of nitrogens with zero attached hydrogens (tertiary/aromatic N) is 1. The monoisotopic (exact) mass is 315 g/mol. The van der Waals surface area contributed by atoms with Crippen LogP contribution in [-0.4, -0.2) is 11.8 Å². The molecule has 3 rings (SSSR count). The Morgan fingerprint density at radius 3 is 2.53 bits per heavy atom. The molecule has 0 radical (unpaired) electrons. The van der Waals surface area contributed by atoms with Crippen molar-refractivity contribution in [3.8, 4) is 0 Å². The molecule has 1 aliphatic rings. The first-order chi connectivity index (χ1) is 9.18. The van der Waals surface area contributed by atoms with E-state index in [0.717, 1.165) is 5.56 Å². The summed E-state index contributed by atoms with van der Waals surface area (Å²) >= 11 is 3.35. The van der Waals surface area contributed by atoms with Gasteiger partial charge in [0.25, 0.3) is 5.91 Å². The average Bonchev–Trinajstić information content (AvgIpc) is 2.74. The molecule has 0 N–H and O–H groups in total. The van der Waals surface area contributed by atoms with Crippen LogP contribution in [0.5, 0.6) is 0 Å². The van der Waals surface area contributed by atoms with Gasteiger partial charge < -0.3 is 0 Å². The van der Waals surface area contributed by atoms with Gasteiger partial charge in [-0.2, -0.15) is 0 Å². The number of rotatable bonds is 1. The number of fused-ring (bicyclic) bond motifs is 1. The van der Waals surface area contributed by atoms with Crippen molar-refractivity contribution in [3.63, 3.8) is 0 Å². The third kappa shape index (κ3) is 1.98. The number of carbonyl (C=O) groups is 2. The summed E-state index contributed by atoms with van der Waals surface area (Å²) in [7, 11) is 0. The van der Waals surface area contributed by atoms with Gasteiger partial charge in [0, 0.05) is 4.47 Å². The Bertz CT molecular complexity index is 681. The summed E-state index contributed by atoms with van der Waals surface area (Å²) < 4.78 is 0.692. The van der Waals surface area contributed by atoms with Crippen molar-refractivity contribution in [2.75, 3.05) is 4.90 Å². The number of hydrogen-bond acceptors (Lipinski definition) is 2. The Morgan fingerprint density at radius 1 is 1.05 bits per heavy atom. The Morgan fingerprint density at radius 2 is 1.74 bits per heavy atom. The van der Waals surface area contributed by atoms with Gasteiger partial charge in [0.05, 0.1) is 17.7 Å². The first-order valence-corrected chi connectivity index (χ1v) is 6.67. The van der Waals surface area contributed by atoms with Gasteiger partial charge in [0.15, 0.2) is 0 Å². The fraction of sp³-hybridized carbons (Fsp3) is 0.0667. The first-order valence-electron chi connectivity index (χ1n) is 5.88. The highest BCUT2D eigenvalue weighted by atomic mass is 79.9. The summed E-state index contributed by atoms with van der Waals surface area (Å²) in [5.74, 6) is -0.468. The quantitative estimate of drug-likeness (QED) is 0.758. The first kappa shape index (κ1) is 12.1. The molecular formula is C15H10BrNO2. The smallest absolute Gasteiger partial charge is 0.266 e. The number of benzene rings is 2. The van der Waals surface area contributed by atoms with Crippen LogP contribution >= 0.6 is 15.9 Å². The van der Waals surface area contributed by atoms with Gasteiger partial charge in [-0.1, -0.05) is 30.3 Å². The van der Waals surface area contributed by atoms with Crippen LogP contribution in [0.15, 0.2) is 53.0 Å². The minimum atomic E-state index is -0.289. The molecule has 4 heteroatoms. The minimum absolute atomic E-state index is 0.179. The van der Waals surface area contributed by atoms with E-state index < -0.39 is 0 Å². The number of imide groups is 1. The summed E-state index contributed by atoms with van der Waals surface area (Å²) in [5.41, 5.74) is 2.08. The molecule has 0 aliphatic carbocycles. The number of hydrogen-bond donors (Lipinski definition) is 0. The largest absolute Gasteiger partial charge is 0.274 e. The molecule has 0 saturated heterocycles. The predicted octanol–water partition coefficient (Wildman–Crippen LogP) is 3.18. The van der Waals surface area contributed by atoms with Gasteiger partial charge in [-0.05, 0) is 39.7 Å². The third-order valence-electron chi connectivity index (χ3n) is 3.13. The van der Waals surface area contributed by atoms with Crippen molar-refractivity contribution in [1.82, 2.24) is 0 Å². The second-order valence-corrected chi connectivity index (χ2v) is 5.17. The predicted molar refractivity (Wildman–Crippen MR) is 76.1 cm³/mol. The van der Waals surface area contributed by atoms with Crippen molar-refractivity contribution in [1.29, 1.82) is 0 Å². The van der Waals surface area contributed by atoms with E-state index in [1.807, 2.05) is 24.3 Å². The van der Waals surface area contributed by atoms with Gasteiger partial charge in [-0.3, -0.25) is 9.59 Å². The molecule has 2 amide bonds. The van der Waals surface area contributed by atoms with Crippen LogP contribution in [0.25, 0.3) is 0 Å². The fourth-order valence-corrected chi connectivity index (χ4v) is 2.69. The van der Waals surface area contributed by atoms with Gasteiger partial charge in [-0.15, -0.1) is 0 Å². The molecule has 2 aromatic rings. The van der Waals surface area contributed by atoms with Crippen LogP contribution in [0.2, 0.25) is 0 Å². The summed E-state index contributed by atoms with van der Waals surface area (Å²) in [6, 6.07) is 14.5. The van der Waals surface area contributed by atoms with Crippen LogP contribution in [0.1, 0.15) is 15.9 Å². The molecule has 19 heavy (non-hydrogen) atoms. The number of carbonyl (C=O) groups excluding carboxylic acids is 2. The van der Waals surface area contributed by atoms with Crippen LogP contribution in [0, 0.1) is 0 Å². The lowest BCUT2D eigenvalue weighted by atomic mass is 10.1. The summed E-state index contributed by atoms with van der Waals surface area (Å²) in [6.07, 6.45) is 0.284. The molecule has 1 aliphatic heterocycles. The highest BCUT2D eigenvalue weighted by Gasteiger charge is 2.33. The van der Waals surface area contributed by atoms with Crippen molar-refractivity contribution < 1.29 is 9.59 Å². The van der Waals surface area contributed by atoms with Gasteiger partial charge in [-0.25, -0.2) is 4.90 Å². The van der Waals surface area contributed by atoms with Crippen molar-refractivity contribution in [2.45, 2.75) is 6.42 Å². The topological polar surface area (TPSA) is 37.4 Å². The van der Waals surface area contributed by atoms with Gasteiger partial charge >= 0.3 is 0 Å². The Kier molecular flexibility index (Phi) is 2.95. The highest BCUT2D eigenvalue weighted by Crippen LogP contribution is 2.31. The Labute approximate surface area is 119 Å². The molecular weight excluding hydrogens is 306 g/mol. The molecule has 0 unspecified atom stereocenters. The molecule has 94 valence electrons. The second-order valence-electron chi connectivity index (χ2n) is 4.32. The zero-order chi connectivity index (χ0) is 13.4. The van der Waals surface area contributed by atoms with Crippen molar-refractivity contribution in [3.05, 3.63) is 64.1 Å². The van der Waals surface area contributed by atoms with E-state index in [9.17, 15) is 9.59 Å². The molecule has 0 spiro atoms. The number of anilines is 1. The van der Waals surface area contributed by atoms with E-state index in [1.54, 1.807) is 24.3 Å². The lowest BCUT2D eigenvalue weighted by Crippen LogP contribution is -2.33. The summed E-state index contributed by atoms with van der Waals surface area (Å²) in [6.45, 7) is 0. The summed E-state index contributed by atoms with van der Waals surface area (Å²) in [4.78, 5) is 25.8. The minimum Gasteiger partial charge on any atom is -0.274 e. The maximum atomic E-state index is 12.5. The van der Waals surface area contributed by atoms with Gasteiger partial charge in [0.2, 0.25) is 5.91 Å². The molecule has 0 atom stereocenters. The van der Waals surface area contributed by atoms with Crippen molar-refractivity contribution >= 4 is 33.4 Å². The standard InChI is InChI=1S/C15H10BrNO2/c16-12-7-3-2-6-11(12)15(19)17-13-8-4-1-5-10(13)9-14(17)18/h1-8H,9H2. The lowest BCUT2D eigenvalue weighted by molar-refractivity contribution is -0.116. The van der Waals surface area contributed by atoms with Gasteiger partial charge in [0.1, 0.15) is 0 Å². The maximum absolute atomic E-state index is 12.5. The third-order valence-corrected chi connectivity index (χ3v) is 3.82.